The number of urea groups is 1. The van der Waals surface area contributed by atoms with Gasteiger partial charge in [-0.1, -0.05) is 0 Å². The van der Waals surface area contributed by atoms with E-state index in [2.05, 4.69) is 15.2 Å². The second kappa shape index (κ2) is 7.73. The van der Waals surface area contributed by atoms with E-state index in [1.165, 1.54) is 17.7 Å². The Labute approximate surface area is 145 Å². The largest absolute Gasteiger partial charge is 0.322 e. The van der Waals surface area contributed by atoms with Gasteiger partial charge in [0.1, 0.15) is 11.9 Å². The third kappa shape index (κ3) is 4.31. The van der Waals surface area contributed by atoms with E-state index in [-0.39, 0.29) is 11.6 Å². The number of pyridine rings is 1. The van der Waals surface area contributed by atoms with Crippen molar-refractivity contribution in [2.75, 3.05) is 31.5 Å². The molecule has 7 heteroatoms. The minimum absolute atomic E-state index is 0.115. The lowest BCUT2D eigenvalue weighted by molar-refractivity contribution is 0.143. The highest BCUT2D eigenvalue weighted by Gasteiger charge is 2.21. The highest BCUT2D eigenvalue weighted by molar-refractivity contribution is 5.90. The molecule has 3 rings (SSSR count). The number of aromatic nitrogens is 1. The van der Waals surface area contributed by atoms with Gasteiger partial charge in [0.15, 0.2) is 0 Å². The summed E-state index contributed by atoms with van der Waals surface area (Å²) in [5, 5.41) is 11.7. The van der Waals surface area contributed by atoms with Gasteiger partial charge < -0.3 is 10.2 Å². The molecule has 6 nitrogen and oxygen atoms in total. The van der Waals surface area contributed by atoms with Crippen LogP contribution in [-0.4, -0.2) is 47.0 Å². The molecule has 1 N–H and O–H groups in total. The zero-order chi connectivity index (χ0) is 17.6. The Morgan fingerprint density at radius 3 is 2.60 bits per heavy atom. The third-order valence-electron chi connectivity index (χ3n) is 4.16. The second-order valence-corrected chi connectivity index (χ2v) is 5.85. The molecule has 2 amide bonds. The summed E-state index contributed by atoms with van der Waals surface area (Å²) in [6.07, 6.45) is 3.54. The molecule has 0 aliphatic carbocycles. The Morgan fingerprint density at radius 1 is 1.20 bits per heavy atom. The Balaban J connectivity index is 1.54. The fourth-order valence-electron chi connectivity index (χ4n) is 2.77. The minimum atomic E-state index is -0.501. The van der Waals surface area contributed by atoms with Gasteiger partial charge in [-0.15, -0.1) is 0 Å². The van der Waals surface area contributed by atoms with Gasteiger partial charge in [0.05, 0.1) is 11.3 Å². The lowest BCUT2D eigenvalue weighted by Crippen LogP contribution is -2.49. The summed E-state index contributed by atoms with van der Waals surface area (Å²) in [4.78, 5) is 20.4. The number of carbonyl (C=O) groups is 1. The standard InChI is InChI=1S/C18H18FN5O/c19-16-1-2-17(15(11-16)12-20)22-18(25)24-9-7-23(8-10-24)13-14-3-5-21-6-4-14/h1-6,11H,7-10,13H2,(H,22,25). The summed E-state index contributed by atoms with van der Waals surface area (Å²) in [7, 11) is 0. The molecule has 1 saturated heterocycles. The molecule has 0 radical (unpaired) electrons. The third-order valence-corrected chi connectivity index (χ3v) is 4.16. The molecule has 25 heavy (non-hydrogen) atoms. The zero-order valence-corrected chi connectivity index (χ0v) is 13.7. The van der Waals surface area contributed by atoms with E-state index < -0.39 is 5.82 Å². The van der Waals surface area contributed by atoms with E-state index in [1.807, 2.05) is 18.2 Å². The summed E-state index contributed by atoms with van der Waals surface area (Å²) in [5.41, 5.74) is 1.63. The van der Waals surface area contributed by atoms with Crippen LogP contribution in [0.2, 0.25) is 0 Å². The fraction of sp³-hybridized carbons (Fsp3) is 0.278. The van der Waals surface area contributed by atoms with E-state index in [9.17, 15) is 9.18 Å². The number of rotatable bonds is 3. The molecule has 1 aromatic heterocycles. The molecule has 2 aromatic rings. The molecule has 1 aliphatic rings. The number of amides is 2. The van der Waals surface area contributed by atoms with E-state index >= 15 is 0 Å². The monoisotopic (exact) mass is 339 g/mol. The van der Waals surface area contributed by atoms with Crippen LogP contribution in [0, 0.1) is 17.1 Å². The summed E-state index contributed by atoms with van der Waals surface area (Å²) in [6, 6.07) is 9.33. The number of benzene rings is 1. The van der Waals surface area contributed by atoms with Crippen molar-refractivity contribution in [1.82, 2.24) is 14.8 Å². The predicted octanol–water partition coefficient (Wildman–Crippen LogP) is 2.44. The van der Waals surface area contributed by atoms with Crippen LogP contribution in [0.15, 0.2) is 42.7 Å². The Kier molecular flexibility index (Phi) is 5.21. The van der Waals surface area contributed by atoms with Crippen LogP contribution < -0.4 is 5.32 Å². The Hall–Kier alpha value is -2.98. The number of halogens is 1. The number of nitrogens with one attached hydrogen (secondary N) is 1. The molecular weight excluding hydrogens is 321 g/mol. The smallest absolute Gasteiger partial charge is 0.321 e. The first kappa shape index (κ1) is 16.9. The molecule has 1 fully saturated rings. The van der Waals surface area contributed by atoms with Gasteiger partial charge >= 0.3 is 6.03 Å². The van der Waals surface area contributed by atoms with Gasteiger partial charge in [-0.05, 0) is 35.9 Å². The van der Waals surface area contributed by atoms with Crippen LogP contribution in [0.3, 0.4) is 0 Å². The van der Waals surface area contributed by atoms with Crippen LogP contribution >= 0.6 is 0 Å². The molecule has 0 bridgehead atoms. The molecule has 0 unspecified atom stereocenters. The first-order valence-corrected chi connectivity index (χ1v) is 8.02. The van der Waals surface area contributed by atoms with E-state index in [0.29, 0.717) is 18.8 Å². The number of nitrogens with zero attached hydrogens (tertiary/aromatic N) is 4. The van der Waals surface area contributed by atoms with E-state index in [0.717, 1.165) is 25.7 Å². The quantitative estimate of drug-likeness (QED) is 0.932. The van der Waals surface area contributed by atoms with Crippen LogP contribution in [0.25, 0.3) is 0 Å². The summed E-state index contributed by atoms with van der Waals surface area (Å²) in [5.74, 6) is -0.501. The van der Waals surface area contributed by atoms with Crippen molar-refractivity contribution in [2.24, 2.45) is 0 Å². The molecule has 1 aliphatic heterocycles. The van der Waals surface area contributed by atoms with Crippen LogP contribution in [0.1, 0.15) is 11.1 Å². The predicted molar refractivity (Wildman–Crippen MR) is 91.2 cm³/mol. The highest BCUT2D eigenvalue weighted by atomic mass is 19.1. The van der Waals surface area contributed by atoms with Crippen molar-refractivity contribution in [3.63, 3.8) is 0 Å². The van der Waals surface area contributed by atoms with E-state index in [1.54, 1.807) is 17.3 Å². The first-order valence-electron chi connectivity index (χ1n) is 8.02. The molecule has 0 saturated carbocycles. The normalized spacial score (nSPS) is 14.8. The minimum Gasteiger partial charge on any atom is -0.322 e. The summed E-state index contributed by atoms with van der Waals surface area (Å²) >= 11 is 0. The maximum absolute atomic E-state index is 13.2. The number of carbonyl (C=O) groups excluding carboxylic acids is 1. The number of piperazine rings is 1. The van der Waals surface area contributed by atoms with Crippen molar-refractivity contribution in [1.29, 1.82) is 5.26 Å². The highest BCUT2D eigenvalue weighted by Crippen LogP contribution is 2.17. The van der Waals surface area contributed by atoms with Crippen LogP contribution in [0.4, 0.5) is 14.9 Å². The van der Waals surface area contributed by atoms with Gasteiger partial charge in [0, 0.05) is 45.1 Å². The Morgan fingerprint density at radius 2 is 1.92 bits per heavy atom. The summed E-state index contributed by atoms with van der Waals surface area (Å²) < 4.78 is 13.2. The van der Waals surface area contributed by atoms with Gasteiger partial charge in [-0.25, -0.2) is 9.18 Å². The van der Waals surface area contributed by atoms with Crippen molar-refractivity contribution >= 4 is 11.7 Å². The SMILES string of the molecule is N#Cc1cc(F)ccc1NC(=O)N1CCN(Cc2ccncc2)CC1. The van der Waals surface area contributed by atoms with Gasteiger partial charge in [0.2, 0.25) is 0 Å². The lowest BCUT2D eigenvalue weighted by Gasteiger charge is -2.34. The molecule has 1 aromatic carbocycles. The van der Waals surface area contributed by atoms with Crippen molar-refractivity contribution in [3.8, 4) is 6.07 Å². The molecular formula is C18H18FN5O. The van der Waals surface area contributed by atoms with Gasteiger partial charge in [0.25, 0.3) is 0 Å². The molecule has 0 spiro atoms. The Bertz CT molecular complexity index is 782. The number of anilines is 1. The van der Waals surface area contributed by atoms with Crippen LogP contribution in [-0.2, 0) is 6.54 Å². The average Bonchev–Trinajstić information content (AvgIpc) is 2.64. The number of nitriles is 1. The lowest BCUT2D eigenvalue weighted by atomic mass is 10.2. The average molecular weight is 339 g/mol. The first-order chi connectivity index (χ1) is 12.2. The van der Waals surface area contributed by atoms with E-state index in [4.69, 9.17) is 5.26 Å². The molecule has 2 heterocycles. The van der Waals surface area contributed by atoms with Crippen molar-refractivity contribution in [3.05, 3.63) is 59.7 Å². The number of hydrogen-bond acceptors (Lipinski definition) is 4. The fourth-order valence-corrected chi connectivity index (χ4v) is 2.77. The molecule has 128 valence electrons. The van der Waals surface area contributed by atoms with Crippen molar-refractivity contribution in [2.45, 2.75) is 6.54 Å². The second-order valence-electron chi connectivity index (χ2n) is 5.85. The summed E-state index contributed by atoms with van der Waals surface area (Å²) in [6.45, 7) is 3.56. The van der Waals surface area contributed by atoms with Gasteiger partial charge in [-0.2, -0.15) is 5.26 Å². The maximum atomic E-state index is 13.2. The van der Waals surface area contributed by atoms with Crippen LogP contribution in [0.5, 0.6) is 0 Å². The van der Waals surface area contributed by atoms with Crippen molar-refractivity contribution < 1.29 is 9.18 Å². The number of hydrogen-bond donors (Lipinski definition) is 1. The zero-order valence-electron chi connectivity index (χ0n) is 13.7. The maximum Gasteiger partial charge on any atom is 0.321 e. The topological polar surface area (TPSA) is 72.3 Å². The molecule has 0 atom stereocenters. The van der Waals surface area contributed by atoms with Gasteiger partial charge in [-0.3, -0.25) is 9.88 Å².